The Kier molecular flexibility index (Phi) is 6.05. The molecule has 22 heavy (non-hydrogen) atoms. The van der Waals surface area contributed by atoms with Crippen molar-refractivity contribution < 1.29 is 13.6 Å². The van der Waals surface area contributed by atoms with Gasteiger partial charge >= 0.3 is 0 Å². The summed E-state index contributed by atoms with van der Waals surface area (Å²) in [6.45, 7) is -0.457. The summed E-state index contributed by atoms with van der Waals surface area (Å²) in [6.07, 6.45) is 1.05. The topological polar surface area (TPSA) is 54.0 Å². The zero-order chi connectivity index (χ0) is 14.2. The number of hydrogen-bond donors (Lipinski definition) is 2. The number of para-hydroxylation sites is 1. The zero-order valence-corrected chi connectivity index (χ0v) is 13.0. The van der Waals surface area contributed by atoms with Gasteiger partial charge in [-0.1, -0.05) is 18.2 Å². The number of rotatable bonds is 2. The molecule has 1 atom stereocenters. The van der Waals surface area contributed by atoms with Crippen molar-refractivity contribution in [2.75, 3.05) is 11.9 Å². The Morgan fingerprint density at radius 1 is 1.32 bits per heavy atom. The maximum Gasteiger partial charge on any atom is 0.262 e. The number of anilines is 1. The fraction of sp³-hybridized carbons (Fsp3) is 0.286. The van der Waals surface area contributed by atoms with E-state index in [0.717, 1.165) is 10.9 Å². The highest BCUT2D eigenvalue weighted by atomic mass is 35.5. The second-order valence-electron chi connectivity index (χ2n) is 4.90. The Hall–Kier alpha value is -1.50. The van der Waals surface area contributed by atoms with E-state index in [1.54, 1.807) is 6.07 Å². The standard InChI is InChI=1S/C14H13F2N3O.2ClH/c15-14(16)6-12(18-8-14)13(20)19-10-5-9-3-1-2-4-11(9)17-7-10;;/h1-5,7,12,18H,6,8H2,(H,19,20);2*1H. The molecule has 1 aliphatic heterocycles. The van der Waals surface area contributed by atoms with E-state index < -0.39 is 30.8 Å². The molecule has 1 amide bonds. The van der Waals surface area contributed by atoms with Gasteiger partial charge < -0.3 is 5.32 Å². The minimum Gasteiger partial charge on any atom is -0.323 e. The van der Waals surface area contributed by atoms with Crippen molar-refractivity contribution in [1.82, 2.24) is 10.3 Å². The van der Waals surface area contributed by atoms with Gasteiger partial charge in [0.2, 0.25) is 5.91 Å². The summed E-state index contributed by atoms with van der Waals surface area (Å²) >= 11 is 0. The molecule has 120 valence electrons. The molecule has 2 heterocycles. The SMILES string of the molecule is Cl.Cl.O=C(Nc1cnc2ccccc2c1)C1CC(F)(F)CN1. The first-order valence-corrected chi connectivity index (χ1v) is 6.30. The molecule has 0 bridgehead atoms. The van der Waals surface area contributed by atoms with Gasteiger partial charge in [-0.25, -0.2) is 8.78 Å². The van der Waals surface area contributed by atoms with Crippen molar-refractivity contribution in [3.05, 3.63) is 36.5 Å². The molecule has 0 spiro atoms. The van der Waals surface area contributed by atoms with Crippen molar-refractivity contribution in [2.24, 2.45) is 0 Å². The highest BCUT2D eigenvalue weighted by Gasteiger charge is 2.42. The first-order valence-electron chi connectivity index (χ1n) is 6.30. The lowest BCUT2D eigenvalue weighted by Gasteiger charge is -2.11. The van der Waals surface area contributed by atoms with E-state index in [1.165, 1.54) is 6.20 Å². The summed E-state index contributed by atoms with van der Waals surface area (Å²) in [4.78, 5) is 16.1. The molecule has 2 aromatic rings. The van der Waals surface area contributed by atoms with Gasteiger partial charge in [0.1, 0.15) is 0 Å². The molecular formula is C14H15Cl2F2N3O. The number of nitrogens with zero attached hydrogens (tertiary/aromatic N) is 1. The summed E-state index contributed by atoms with van der Waals surface area (Å²) in [5.41, 5.74) is 1.32. The Balaban J connectivity index is 0.00000121. The maximum atomic E-state index is 13.0. The average Bonchev–Trinajstić information content (AvgIpc) is 2.79. The van der Waals surface area contributed by atoms with Crippen LogP contribution in [0.1, 0.15) is 6.42 Å². The molecule has 0 aliphatic carbocycles. The number of nitrogens with one attached hydrogen (secondary N) is 2. The monoisotopic (exact) mass is 349 g/mol. The first kappa shape index (κ1) is 18.5. The average molecular weight is 350 g/mol. The molecular weight excluding hydrogens is 335 g/mol. The van der Waals surface area contributed by atoms with Gasteiger partial charge in [0.05, 0.1) is 30.0 Å². The summed E-state index contributed by atoms with van der Waals surface area (Å²) in [5, 5.41) is 6.02. The lowest BCUT2D eigenvalue weighted by Crippen LogP contribution is -2.35. The van der Waals surface area contributed by atoms with Crippen molar-refractivity contribution in [2.45, 2.75) is 18.4 Å². The number of pyridine rings is 1. The van der Waals surface area contributed by atoms with Crippen LogP contribution < -0.4 is 10.6 Å². The molecule has 4 nitrogen and oxygen atoms in total. The van der Waals surface area contributed by atoms with Crippen LogP contribution in [0.25, 0.3) is 10.9 Å². The number of carbonyl (C=O) groups excluding carboxylic acids is 1. The van der Waals surface area contributed by atoms with Crippen LogP contribution >= 0.6 is 24.8 Å². The minimum atomic E-state index is -2.82. The molecule has 3 rings (SSSR count). The largest absolute Gasteiger partial charge is 0.323 e. The van der Waals surface area contributed by atoms with Crippen LogP contribution in [0.4, 0.5) is 14.5 Å². The fourth-order valence-electron chi connectivity index (χ4n) is 2.27. The number of halogens is 4. The third-order valence-corrected chi connectivity index (χ3v) is 3.28. The molecule has 1 fully saturated rings. The quantitative estimate of drug-likeness (QED) is 0.876. The molecule has 8 heteroatoms. The van der Waals surface area contributed by atoms with Crippen molar-refractivity contribution in [3.63, 3.8) is 0 Å². The number of alkyl halides is 2. The smallest absolute Gasteiger partial charge is 0.262 e. The number of carbonyl (C=O) groups is 1. The van der Waals surface area contributed by atoms with Crippen molar-refractivity contribution in [1.29, 1.82) is 0 Å². The van der Waals surface area contributed by atoms with Gasteiger partial charge in [0.25, 0.3) is 5.92 Å². The van der Waals surface area contributed by atoms with E-state index in [1.807, 2.05) is 24.3 Å². The van der Waals surface area contributed by atoms with Crippen LogP contribution in [-0.2, 0) is 4.79 Å². The molecule has 2 N–H and O–H groups in total. The lowest BCUT2D eigenvalue weighted by atomic mass is 10.1. The van der Waals surface area contributed by atoms with Crippen LogP contribution in [0.15, 0.2) is 36.5 Å². The third-order valence-electron chi connectivity index (χ3n) is 3.28. The predicted molar refractivity (Wildman–Crippen MR) is 86.2 cm³/mol. The third kappa shape index (κ3) is 4.03. The number of amides is 1. The van der Waals surface area contributed by atoms with Crippen molar-refractivity contribution in [3.8, 4) is 0 Å². The van der Waals surface area contributed by atoms with Gasteiger partial charge in [-0.3, -0.25) is 15.1 Å². The zero-order valence-electron chi connectivity index (χ0n) is 11.4. The summed E-state index contributed by atoms with van der Waals surface area (Å²) in [7, 11) is 0. The van der Waals surface area contributed by atoms with E-state index in [0.29, 0.717) is 5.69 Å². The Labute approximate surface area is 138 Å². The molecule has 1 unspecified atom stereocenters. The van der Waals surface area contributed by atoms with Crippen LogP contribution in [0.3, 0.4) is 0 Å². The molecule has 1 aliphatic rings. The molecule has 0 radical (unpaired) electrons. The molecule has 0 saturated carbocycles. The fourth-order valence-corrected chi connectivity index (χ4v) is 2.27. The first-order chi connectivity index (χ1) is 9.53. The second kappa shape index (κ2) is 7.17. The van der Waals surface area contributed by atoms with E-state index in [2.05, 4.69) is 15.6 Å². The highest BCUT2D eigenvalue weighted by molar-refractivity contribution is 5.96. The van der Waals surface area contributed by atoms with Gasteiger partial charge in [-0.05, 0) is 12.1 Å². The second-order valence-corrected chi connectivity index (χ2v) is 4.90. The van der Waals surface area contributed by atoms with E-state index in [9.17, 15) is 13.6 Å². The van der Waals surface area contributed by atoms with Crippen LogP contribution in [0, 0.1) is 0 Å². The Bertz CT molecular complexity index is 669. The molecule has 1 aromatic carbocycles. The summed E-state index contributed by atoms with van der Waals surface area (Å²) < 4.78 is 26.1. The highest BCUT2D eigenvalue weighted by Crippen LogP contribution is 2.26. The lowest BCUT2D eigenvalue weighted by molar-refractivity contribution is -0.118. The van der Waals surface area contributed by atoms with Gasteiger partial charge in [0.15, 0.2) is 0 Å². The van der Waals surface area contributed by atoms with E-state index in [4.69, 9.17) is 0 Å². The molecule has 1 aromatic heterocycles. The predicted octanol–water partition coefficient (Wildman–Crippen LogP) is 3.01. The number of fused-ring (bicyclic) bond motifs is 1. The number of benzene rings is 1. The summed E-state index contributed by atoms with van der Waals surface area (Å²) in [5.74, 6) is -3.27. The number of aromatic nitrogens is 1. The van der Waals surface area contributed by atoms with Gasteiger partial charge in [-0.2, -0.15) is 0 Å². The normalized spacial score (nSPS) is 19.1. The van der Waals surface area contributed by atoms with Gasteiger partial charge in [0, 0.05) is 11.8 Å². The molecule has 1 saturated heterocycles. The maximum absolute atomic E-state index is 13.0. The van der Waals surface area contributed by atoms with E-state index in [-0.39, 0.29) is 24.8 Å². The van der Waals surface area contributed by atoms with Crippen LogP contribution in [0.2, 0.25) is 0 Å². The Morgan fingerprint density at radius 2 is 2.05 bits per heavy atom. The van der Waals surface area contributed by atoms with Crippen LogP contribution in [0.5, 0.6) is 0 Å². The summed E-state index contributed by atoms with van der Waals surface area (Å²) in [6, 6.07) is 8.39. The van der Waals surface area contributed by atoms with E-state index >= 15 is 0 Å². The number of hydrogen-bond acceptors (Lipinski definition) is 3. The van der Waals surface area contributed by atoms with Gasteiger partial charge in [-0.15, -0.1) is 24.8 Å². The minimum absolute atomic E-state index is 0. The van der Waals surface area contributed by atoms with Crippen molar-refractivity contribution >= 4 is 47.3 Å². The van der Waals surface area contributed by atoms with Crippen LogP contribution in [-0.4, -0.2) is 29.4 Å². The Morgan fingerprint density at radius 3 is 2.73 bits per heavy atom.